The lowest BCUT2D eigenvalue weighted by molar-refractivity contribution is 0.669. The number of para-hydroxylation sites is 6. The van der Waals surface area contributed by atoms with Crippen molar-refractivity contribution in [1.29, 1.82) is 31.6 Å². The Balaban J connectivity index is 0.000000113. The van der Waals surface area contributed by atoms with Gasteiger partial charge in [0, 0.05) is 109 Å². The van der Waals surface area contributed by atoms with Gasteiger partial charge >= 0.3 is 0 Å². The number of aromatic nitrogens is 12. The molecule has 9 heterocycles. The Kier molecular flexibility index (Phi) is 20.6. The summed E-state index contributed by atoms with van der Waals surface area (Å²) >= 11 is 0. The molecule has 0 fully saturated rings. The molecule has 18 aromatic carbocycles. The zero-order valence-electron chi connectivity index (χ0n) is 75.9. The molecule has 0 saturated heterocycles. The first-order valence-corrected chi connectivity index (χ1v) is 46.2. The van der Waals surface area contributed by atoms with Crippen LogP contribution in [-0.2, 0) is 0 Å². The zero-order valence-corrected chi connectivity index (χ0v) is 75.9. The van der Waals surface area contributed by atoms with Gasteiger partial charge in [0.15, 0.2) is 52.4 Å². The fourth-order valence-corrected chi connectivity index (χ4v) is 19.8. The van der Waals surface area contributed by atoms with E-state index in [1.54, 1.807) is 0 Å². The molecule has 144 heavy (non-hydrogen) atoms. The van der Waals surface area contributed by atoms with E-state index in [0.717, 1.165) is 165 Å². The number of nitrogens with zero attached hydrogens (tertiary/aromatic N) is 18. The second kappa shape index (κ2) is 35.1. The van der Waals surface area contributed by atoms with Crippen molar-refractivity contribution in [2.24, 2.45) is 0 Å². The normalized spacial score (nSPS) is 11.3. The Bertz CT molecular complexity index is 9870. The highest BCUT2D eigenvalue weighted by Gasteiger charge is 2.30. The summed E-state index contributed by atoms with van der Waals surface area (Å²) in [4.78, 5) is 43.3. The predicted molar refractivity (Wildman–Crippen MR) is 562 cm³/mol. The summed E-state index contributed by atoms with van der Waals surface area (Å²) in [5.74, 6) is 3.80. The number of hydrogen-bond donors (Lipinski definition) is 0. The third kappa shape index (κ3) is 14.1. The Morgan fingerprint density at radius 2 is 0.465 bits per heavy atom. The van der Waals surface area contributed by atoms with Crippen molar-refractivity contribution in [3.63, 3.8) is 0 Å². The first-order valence-electron chi connectivity index (χ1n) is 46.2. The van der Waals surface area contributed by atoms with E-state index in [0.29, 0.717) is 86.2 Å². The Morgan fingerprint density at radius 3 is 0.861 bits per heavy atom. The quantitative estimate of drug-likeness (QED) is 0.110. The lowest BCUT2D eigenvalue weighted by Gasteiger charge is -2.14. The lowest BCUT2D eigenvalue weighted by Crippen LogP contribution is -2.05. The van der Waals surface area contributed by atoms with E-state index >= 15 is 0 Å². The van der Waals surface area contributed by atoms with Crippen molar-refractivity contribution in [3.05, 3.63) is 434 Å². The van der Waals surface area contributed by atoms with E-state index in [-0.39, 0.29) is 33.4 Å². The number of benzene rings is 18. The van der Waals surface area contributed by atoms with Crippen molar-refractivity contribution in [3.8, 4) is 156 Å². The number of furan rings is 3. The molecule has 27 aromatic rings. The fraction of sp³-hybridized carbons (Fsp3) is 0. The smallest absolute Gasteiger partial charge is 0.165 e. The summed E-state index contributed by atoms with van der Waals surface area (Å²) in [6, 6.07) is 144. The van der Waals surface area contributed by atoms with Gasteiger partial charge in [-0.05, 0) is 109 Å². The molecule has 666 valence electrons. The average Bonchev–Trinajstić information content (AvgIpc) is 1.56. The minimum Gasteiger partial charge on any atom is -0.456 e. The largest absolute Gasteiger partial charge is 0.456 e. The molecule has 0 aliphatic carbocycles. The van der Waals surface area contributed by atoms with Crippen LogP contribution in [0.5, 0.6) is 0 Å². The Labute approximate surface area is 819 Å². The van der Waals surface area contributed by atoms with Crippen LogP contribution in [0.3, 0.4) is 0 Å². The summed E-state index contributed by atoms with van der Waals surface area (Å²) in [6.07, 6.45) is 0. The molecule has 9 aromatic heterocycles. The van der Waals surface area contributed by atoms with Gasteiger partial charge in [0.05, 0.1) is 88.9 Å². The zero-order chi connectivity index (χ0) is 96.6. The molecule has 0 aliphatic rings. The monoisotopic (exact) mass is 1840 g/mol. The van der Waals surface area contributed by atoms with Crippen LogP contribution in [0.2, 0.25) is 0 Å². The summed E-state index contributed by atoms with van der Waals surface area (Å²) < 4.78 is 25.1. The molecule has 0 amide bonds. The first kappa shape index (κ1) is 84.5. The minimum atomic E-state index is 0.190. The van der Waals surface area contributed by atoms with Crippen LogP contribution in [-0.4, -0.2) is 58.6 Å². The topological polar surface area (TPSA) is 313 Å². The molecule has 21 heteroatoms. The molecule has 27 rings (SSSR count). The molecule has 0 atom stereocenters. The van der Waals surface area contributed by atoms with Crippen LogP contribution < -0.4 is 0 Å². The van der Waals surface area contributed by atoms with E-state index in [4.69, 9.17) is 58.1 Å². The molecule has 0 unspecified atom stereocenters. The first-order chi connectivity index (χ1) is 71.2. The molecule has 21 nitrogen and oxygen atoms in total. The van der Waals surface area contributed by atoms with Gasteiger partial charge in [-0.15, -0.1) is 0 Å². The maximum Gasteiger partial charge on any atom is 0.165 e. The van der Waals surface area contributed by atoms with Gasteiger partial charge in [0.25, 0.3) is 0 Å². The third-order valence-corrected chi connectivity index (χ3v) is 26.3. The predicted octanol–water partition coefficient (Wildman–Crippen LogP) is 28.8. The molecule has 0 aliphatic heterocycles. The summed E-state index contributed by atoms with van der Waals surface area (Å²) in [5.41, 5.74) is 19.5. The van der Waals surface area contributed by atoms with Gasteiger partial charge < -0.3 is 27.0 Å². The van der Waals surface area contributed by atoms with Crippen LogP contribution in [0.25, 0.3) is 251 Å². The van der Waals surface area contributed by atoms with Crippen molar-refractivity contribution in [2.45, 2.75) is 0 Å². The van der Waals surface area contributed by atoms with Crippen molar-refractivity contribution in [1.82, 2.24) is 58.6 Å². The Morgan fingerprint density at radius 1 is 0.174 bits per heavy atom. The number of fused-ring (bicyclic) bond motifs is 20. The molecular weight excluding hydrogens is 1780 g/mol. The highest BCUT2D eigenvalue weighted by atomic mass is 16.3. The maximum atomic E-state index is 10.7. The molecule has 0 N–H and O–H groups in total. The molecular formula is C123H66N18O3. The maximum absolute atomic E-state index is 10.7. The van der Waals surface area contributed by atoms with Gasteiger partial charge in [-0.3, -0.25) is 0 Å². The second-order valence-corrected chi connectivity index (χ2v) is 34.3. The summed E-state index contributed by atoms with van der Waals surface area (Å²) in [7, 11) is 0. The van der Waals surface area contributed by atoms with Crippen molar-refractivity contribution >= 4 is 131 Å². The van der Waals surface area contributed by atoms with E-state index in [1.807, 2.05) is 350 Å². The minimum absolute atomic E-state index is 0.190. The van der Waals surface area contributed by atoms with Gasteiger partial charge in [-0.25, -0.2) is 44.9 Å². The molecule has 0 saturated carbocycles. The van der Waals surface area contributed by atoms with E-state index in [1.165, 1.54) is 0 Å². The molecule has 0 radical (unpaired) electrons. The van der Waals surface area contributed by atoms with Crippen LogP contribution in [0.15, 0.2) is 414 Å². The second-order valence-electron chi connectivity index (χ2n) is 34.3. The van der Waals surface area contributed by atoms with Crippen LogP contribution >= 0.6 is 0 Å². The lowest BCUT2D eigenvalue weighted by atomic mass is 9.99. The van der Waals surface area contributed by atoms with Crippen molar-refractivity contribution < 1.29 is 13.3 Å². The van der Waals surface area contributed by atoms with E-state index < -0.39 is 0 Å². The SMILES string of the molecule is N#Cc1c(-c2nc(-c3ccccc3)nc(-c3ccccc3)n2)ccc(-n2c3ccccc3c3c4c(ccc32)oc2ccccc24)c1C#N.N#Cc1c(-c2nc(-c3ccccc3)nc(-c3ccccc3)n2)ccc(-n2c3ccccc3c3c4oc5ccccc5c4ccc32)c1C#N.N#Cc1c(-c2nc(-c3ccccc3)nc(-c3ccccc3)n2)ccc(-n2c3ccccc3c3cc4oc5ccccc5c4cc32)c1C#N. The van der Waals surface area contributed by atoms with Crippen LogP contribution in [0, 0.1) is 68.0 Å². The van der Waals surface area contributed by atoms with E-state index in [9.17, 15) is 31.6 Å². The highest BCUT2D eigenvalue weighted by molar-refractivity contribution is 6.28. The van der Waals surface area contributed by atoms with Crippen LogP contribution in [0.4, 0.5) is 0 Å². The molecule has 0 bridgehead atoms. The summed E-state index contributed by atoms with van der Waals surface area (Å²) in [5, 5.41) is 76.1. The van der Waals surface area contributed by atoms with Gasteiger partial charge in [-0.2, -0.15) is 31.6 Å². The molecule has 0 spiro atoms. The third-order valence-electron chi connectivity index (χ3n) is 26.3. The van der Waals surface area contributed by atoms with Gasteiger partial charge in [0.2, 0.25) is 0 Å². The standard InChI is InChI=1S/3C41H22N6O/c42-23-31-29(41-45-39(25-11-3-1-4-12-25)44-40(46-41)26-13-5-2-6-14-26)20-21-34(32(31)24-43)47-33-17-9-7-16-30(33)37-35(47)22-19-28-27-15-8-10-18-36(27)48-38(28)37;42-23-32-29(41-45-39(25-11-3-1-4-12-25)44-40(46-41)26-13-5-2-6-14-26)19-20-35(33(32)24-43)47-34-17-9-7-15-27(34)30-22-38-31(21-36(30)47)28-16-8-10-18-37(28)48-38;42-23-30-27(41-45-39(25-11-3-1-4-12-25)44-40(46-41)26-13-5-2-6-14-26)19-20-33(31(30)24-43)47-32-17-9-7-15-28(32)37-34(47)21-22-36-38(37)29-16-8-10-18-35(29)48-36/h3*1-22H. The number of rotatable bonds is 12. The van der Waals surface area contributed by atoms with Gasteiger partial charge in [0.1, 0.15) is 69.9 Å². The van der Waals surface area contributed by atoms with Gasteiger partial charge in [-0.1, -0.05) is 291 Å². The highest BCUT2D eigenvalue weighted by Crippen LogP contribution is 2.48. The number of nitriles is 6. The number of hydrogen-bond acceptors (Lipinski definition) is 18. The fourth-order valence-electron chi connectivity index (χ4n) is 19.8. The van der Waals surface area contributed by atoms with Crippen LogP contribution in [0.1, 0.15) is 33.4 Å². The van der Waals surface area contributed by atoms with E-state index in [2.05, 4.69) is 100 Å². The van der Waals surface area contributed by atoms with Crippen molar-refractivity contribution in [2.75, 3.05) is 0 Å². The summed E-state index contributed by atoms with van der Waals surface area (Å²) in [6.45, 7) is 0. The average molecular weight is 1840 g/mol. The Hall–Kier alpha value is -21.3.